The summed E-state index contributed by atoms with van der Waals surface area (Å²) in [4.78, 5) is 35.2. The highest BCUT2D eigenvalue weighted by atomic mass is 19.1. The minimum Gasteiger partial charge on any atom is -0.368 e. The maximum Gasteiger partial charge on any atom is 0.311 e. The smallest absolute Gasteiger partial charge is 0.311 e. The number of nitrogens with one attached hydrogen (secondary N) is 2. The molecular formula is C23H29FN8O3. The van der Waals surface area contributed by atoms with Crippen LogP contribution in [0.15, 0.2) is 41.4 Å². The molecule has 1 fully saturated rings. The first-order chi connectivity index (χ1) is 16.8. The Hall–Kier alpha value is -3.80. The Balaban J connectivity index is 1.50. The van der Waals surface area contributed by atoms with Crippen molar-refractivity contribution >= 4 is 40.8 Å². The highest BCUT2D eigenvalue weighted by Crippen LogP contribution is 2.31. The maximum atomic E-state index is 14.8. The number of anilines is 4. The molecule has 1 amide bonds. The number of carbonyl (C=O) groups is 1. The van der Waals surface area contributed by atoms with E-state index >= 15 is 0 Å². The number of alkyl halides is 1. The SMILES string of the molecule is CCC(Nc1ccc([N+](=O)[O-])c(Nc2ccc(N3CCCC(F)(C(N)=O)C3)cc2)n1)N1CC=NC1. The molecule has 35 heavy (non-hydrogen) atoms. The molecule has 1 aromatic heterocycles. The van der Waals surface area contributed by atoms with E-state index < -0.39 is 16.5 Å². The van der Waals surface area contributed by atoms with Crippen LogP contribution in [0.3, 0.4) is 0 Å². The van der Waals surface area contributed by atoms with Crippen LogP contribution in [0.25, 0.3) is 0 Å². The Labute approximate surface area is 202 Å². The summed E-state index contributed by atoms with van der Waals surface area (Å²) in [5, 5.41) is 17.9. The number of nitro groups is 1. The summed E-state index contributed by atoms with van der Waals surface area (Å²) < 4.78 is 14.8. The topological polar surface area (TPSA) is 142 Å². The third kappa shape index (κ3) is 5.48. The van der Waals surface area contributed by atoms with Gasteiger partial charge in [0.2, 0.25) is 11.5 Å². The molecule has 2 aromatic rings. The Morgan fingerprint density at radius 1 is 1.31 bits per heavy atom. The van der Waals surface area contributed by atoms with E-state index in [0.717, 1.165) is 18.7 Å². The molecule has 4 rings (SSSR count). The second kappa shape index (κ2) is 10.2. The third-order valence-electron chi connectivity index (χ3n) is 6.30. The van der Waals surface area contributed by atoms with Crippen LogP contribution in [0, 0.1) is 10.1 Å². The third-order valence-corrected chi connectivity index (χ3v) is 6.30. The first-order valence-electron chi connectivity index (χ1n) is 11.5. The van der Waals surface area contributed by atoms with Gasteiger partial charge in [-0.05, 0) is 49.6 Å². The first-order valence-corrected chi connectivity index (χ1v) is 11.5. The lowest BCUT2D eigenvalue weighted by Gasteiger charge is -2.36. The molecule has 11 nitrogen and oxygen atoms in total. The van der Waals surface area contributed by atoms with E-state index in [4.69, 9.17) is 5.73 Å². The van der Waals surface area contributed by atoms with Crippen molar-refractivity contribution in [3.8, 4) is 0 Å². The number of nitrogens with two attached hydrogens (primary N) is 1. The van der Waals surface area contributed by atoms with Crippen molar-refractivity contribution < 1.29 is 14.1 Å². The molecule has 2 unspecified atom stereocenters. The molecule has 0 aliphatic carbocycles. The summed E-state index contributed by atoms with van der Waals surface area (Å²) in [5.74, 6) is -0.336. The maximum absolute atomic E-state index is 14.8. The van der Waals surface area contributed by atoms with Gasteiger partial charge in [-0.3, -0.25) is 24.8 Å². The van der Waals surface area contributed by atoms with Gasteiger partial charge in [-0.15, -0.1) is 0 Å². The van der Waals surface area contributed by atoms with Gasteiger partial charge in [0, 0.05) is 36.7 Å². The van der Waals surface area contributed by atoms with Gasteiger partial charge in [-0.1, -0.05) is 6.92 Å². The van der Waals surface area contributed by atoms with E-state index in [0.29, 0.717) is 31.1 Å². The molecule has 4 N–H and O–H groups in total. The fourth-order valence-corrected chi connectivity index (χ4v) is 4.33. The fourth-order valence-electron chi connectivity index (χ4n) is 4.33. The van der Waals surface area contributed by atoms with Gasteiger partial charge in [-0.25, -0.2) is 9.37 Å². The predicted octanol–water partition coefficient (Wildman–Crippen LogP) is 3.02. The second-order valence-electron chi connectivity index (χ2n) is 8.69. The molecule has 2 aliphatic rings. The summed E-state index contributed by atoms with van der Waals surface area (Å²) >= 11 is 0. The summed E-state index contributed by atoms with van der Waals surface area (Å²) in [6.07, 6.45) is 3.28. The van der Waals surface area contributed by atoms with Gasteiger partial charge < -0.3 is 21.3 Å². The summed E-state index contributed by atoms with van der Waals surface area (Å²) in [7, 11) is 0. The number of nitrogens with zero attached hydrogens (tertiary/aromatic N) is 5. The quantitative estimate of drug-likeness (QED) is 0.364. The standard InChI is InChI=1S/C23H29FN8O3/c1-2-20(31-13-11-26-15-31)28-19-9-8-18(32(34)35)21(29-19)27-16-4-6-17(7-5-16)30-12-3-10-23(24,14-30)22(25)33/h4-9,11,20H,2-3,10,12-15H2,1H3,(H2,25,33)(H2,27,28,29). The molecule has 0 radical (unpaired) electrons. The molecule has 0 bridgehead atoms. The molecule has 12 heteroatoms. The number of hydrogen-bond acceptors (Lipinski definition) is 9. The zero-order valence-electron chi connectivity index (χ0n) is 19.5. The molecular weight excluding hydrogens is 455 g/mol. The molecule has 2 aliphatic heterocycles. The Kier molecular flexibility index (Phi) is 7.10. The van der Waals surface area contributed by atoms with Gasteiger partial charge in [0.15, 0.2) is 0 Å². The van der Waals surface area contributed by atoms with Crippen LogP contribution in [0.4, 0.5) is 33.1 Å². The average molecular weight is 485 g/mol. The molecule has 1 aromatic carbocycles. The van der Waals surface area contributed by atoms with Crippen LogP contribution in [0.1, 0.15) is 26.2 Å². The first kappa shape index (κ1) is 24.3. The van der Waals surface area contributed by atoms with Crippen molar-refractivity contribution in [1.82, 2.24) is 9.88 Å². The second-order valence-corrected chi connectivity index (χ2v) is 8.69. The number of halogens is 1. The van der Waals surface area contributed by atoms with E-state index in [9.17, 15) is 19.3 Å². The monoisotopic (exact) mass is 484 g/mol. The van der Waals surface area contributed by atoms with E-state index in [1.807, 2.05) is 13.1 Å². The van der Waals surface area contributed by atoms with Crippen molar-refractivity contribution in [1.29, 1.82) is 0 Å². The van der Waals surface area contributed by atoms with E-state index in [1.54, 1.807) is 35.2 Å². The minimum atomic E-state index is -2.05. The normalized spacial score (nSPS) is 21.0. The van der Waals surface area contributed by atoms with Crippen molar-refractivity contribution in [2.24, 2.45) is 10.7 Å². The largest absolute Gasteiger partial charge is 0.368 e. The number of carbonyl (C=O) groups excluding carboxylic acids is 1. The van der Waals surface area contributed by atoms with Gasteiger partial charge in [0.1, 0.15) is 5.82 Å². The summed E-state index contributed by atoms with van der Waals surface area (Å²) in [5.41, 5.74) is 4.36. The van der Waals surface area contributed by atoms with Crippen molar-refractivity contribution in [2.45, 2.75) is 38.0 Å². The lowest BCUT2D eigenvalue weighted by atomic mass is 9.93. The highest BCUT2D eigenvalue weighted by Gasteiger charge is 2.41. The van der Waals surface area contributed by atoms with Crippen LogP contribution in [0.2, 0.25) is 0 Å². The molecule has 0 spiro atoms. The van der Waals surface area contributed by atoms with Gasteiger partial charge in [0.25, 0.3) is 5.91 Å². The molecule has 186 valence electrons. The minimum absolute atomic E-state index is 0.00819. The zero-order chi connectivity index (χ0) is 25.0. The van der Waals surface area contributed by atoms with E-state index in [1.165, 1.54) is 6.07 Å². The van der Waals surface area contributed by atoms with Gasteiger partial charge in [-0.2, -0.15) is 0 Å². The van der Waals surface area contributed by atoms with Crippen LogP contribution in [0.5, 0.6) is 0 Å². The summed E-state index contributed by atoms with van der Waals surface area (Å²) in [6, 6.07) is 10.0. The van der Waals surface area contributed by atoms with Crippen molar-refractivity contribution in [3.63, 3.8) is 0 Å². The fraction of sp³-hybridized carbons (Fsp3) is 0.435. The van der Waals surface area contributed by atoms with Crippen LogP contribution >= 0.6 is 0 Å². The average Bonchev–Trinajstić information content (AvgIpc) is 3.38. The number of hydrogen-bond donors (Lipinski definition) is 3. The summed E-state index contributed by atoms with van der Waals surface area (Å²) in [6.45, 7) is 3.87. The number of primary amides is 1. The Morgan fingerprint density at radius 3 is 2.71 bits per heavy atom. The molecule has 2 atom stereocenters. The Bertz CT molecular complexity index is 1100. The highest BCUT2D eigenvalue weighted by molar-refractivity contribution is 5.84. The number of aliphatic imine (C=N–C) groups is 1. The van der Waals surface area contributed by atoms with Crippen molar-refractivity contribution in [3.05, 3.63) is 46.5 Å². The lowest BCUT2D eigenvalue weighted by molar-refractivity contribution is -0.384. The van der Waals surface area contributed by atoms with Gasteiger partial charge in [0.05, 0.1) is 24.3 Å². The molecule has 0 saturated carbocycles. The number of aromatic nitrogens is 1. The number of piperidine rings is 1. The number of amides is 1. The van der Waals surface area contributed by atoms with Crippen molar-refractivity contribution in [2.75, 3.05) is 41.8 Å². The van der Waals surface area contributed by atoms with Gasteiger partial charge >= 0.3 is 5.69 Å². The number of benzene rings is 1. The zero-order valence-corrected chi connectivity index (χ0v) is 19.5. The predicted molar refractivity (Wildman–Crippen MR) is 133 cm³/mol. The Morgan fingerprint density at radius 2 is 2.09 bits per heavy atom. The van der Waals surface area contributed by atoms with Crippen LogP contribution in [-0.4, -0.2) is 65.1 Å². The van der Waals surface area contributed by atoms with Crippen LogP contribution in [-0.2, 0) is 4.79 Å². The lowest BCUT2D eigenvalue weighted by Crippen LogP contribution is -2.53. The number of pyridine rings is 1. The van der Waals surface area contributed by atoms with Crippen LogP contribution < -0.4 is 21.3 Å². The number of rotatable bonds is 9. The molecule has 1 saturated heterocycles. The van der Waals surface area contributed by atoms with E-state index in [2.05, 4.69) is 25.5 Å². The van der Waals surface area contributed by atoms with E-state index in [-0.39, 0.29) is 30.6 Å². The molecule has 3 heterocycles.